The van der Waals surface area contributed by atoms with Gasteiger partial charge in [0.05, 0.1) is 0 Å². The molecule has 31 heavy (non-hydrogen) atoms. The molecule has 7 heteroatoms. The van der Waals surface area contributed by atoms with Gasteiger partial charge < -0.3 is 0 Å². The molecule has 0 heterocycles. The first-order valence-electron chi connectivity index (χ1n) is 11.4. The molecule has 0 spiro atoms. The Balaban J connectivity index is 2.04. The summed E-state index contributed by atoms with van der Waals surface area (Å²) in [5.41, 5.74) is 5.08. The van der Waals surface area contributed by atoms with Crippen molar-refractivity contribution in [2.75, 3.05) is 6.61 Å². The van der Waals surface area contributed by atoms with Crippen molar-refractivity contribution >= 4 is 31.3 Å². The van der Waals surface area contributed by atoms with E-state index in [1.54, 1.807) is 0 Å². The third-order valence-electron chi connectivity index (χ3n) is 6.20. The number of benzene rings is 2. The van der Waals surface area contributed by atoms with Crippen molar-refractivity contribution in [3.8, 4) is 11.1 Å². The Labute approximate surface area is 199 Å². The van der Waals surface area contributed by atoms with Gasteiger partial charge in [0.2, 0.25) is 0 Å². The number of nitrogens with one attached hydrogen (secondary N) is 1. The fraction of sp³-hybridized carbons (Fsp3) is 0.500. The molecule has 0 aliphatic heterocycles. The molecule has 0 bridgehead atoms. The first kappa shape index (κ1) is 25.9. The molecule has 0 saturated heterocycles. The second-order valence-electron chi connectivity index (χ2n) is 11.1. The average Bonchev–Trinajstić information content (AvgIpc) is 2.98. The minimum atomic E-state index is -4.53. The molecular formula is C24H38Cl2NOSi2Zr. The zero-order valence-corrected chi connectivity index (χ0v) is 26.2. The van der Waals surface area contributed by atoms with E-state index in [9.17, 15) is 0 Å². The van der Waals surface area contributed by atoms with Crippen molar-refractivity contribution in [1.29, 1.82) is 0 Å². The van der Waals surface area contributed by atoms with E-state index in [-0.39, 0.29) is 9.16 Å². The topological polar surface area (TPSA) is 21.3 Å². The van der Waals surface area contributed by atoms with Crippen molar-refractivity contribution in [2.45, 2.75) is 68.6 Å². The molecule has 3 rings (SSSR count). The zero-order valence-electron chi connectivity index (χ0n) is 20.1. The number of halogens is 2. The fourth-order valence-corrected chi connectivity index (χ4v) is 41.9. The van der Waals surface area contributed by atoms with E-state index in [2.05, 4.69) is 98.8 Å². The van der Waals surface area contributed by atoms with Gasteiger partial charge in [0.15, 0.2) is 0 Å². The first-order chi connectivity index (χ1) is 14.2. The van der Waals surface area contributed by atoms with E-state index in [0.29, 0.717) is 0 Å². The van der Waals surface area contributed by atoms with Gasteiger partial charge in [0.1, 0.15) is 0 Å². The van der Waals surface area contributed by atoms with E-state index in [4.69, 9.17) is 21.5 Å². The van der Waals surface area contributed by atoms with Gasteiger partial charge in [-0.15, -0.1) is 0 Å². The Bertz CT molecular complexity index is 894. The Morgan fingerprint density at radius 2 is 1.45 bits per heavy atom. The summed E-state index contributed by atoms with van der Waals surface area (Å²) in [6.07, 6.45) is 1.04. The molecule has 2 aromatic carbocycles. The molecule has 0 aromatic heterocycles. The van der Waals surface area contributed by atoms with Gasteiger partial charge in [0.25, 0.3) is 0 Å². The molecule has 2 nitrogen and oxygen atoms in total. The van der Waals surface area contributed by atoms with Crippen LogP contribution in [0.1, 0.15) is 41.9 Å². The van der Waals surface area contributed by atoms with Crippen LogP contribution in [0.15, 0.2) is 48.5 Å². The molecule has 0 radical (unpaired) electrons. The quantitative estimate of drug-likeness (QED) is 0.258. The second kappa shape index (κ2) is 9.13. The molecule has 2 aromatic rings. The van der Waals surface area contributed by atoms with Crippen LogP contribution in [0.25, 0.3) is 11.1 Å². The van der Waals surface area contributed by atoms with Crippen molar-refractivity contribution in [1.82, 2.24) is 3.26 Å². The Morgan fingerprint density at radius 3 is 1.90 bits per heavy atom. The summed E-state index contributed by atoms with van der Waals surface area (Å²) in [5.74, 6) is -1.54. The molecule has 1 aliphatic carbocycles. The molecule has 171 valence electrons. The molecule has 0 saturated carbocycles. The van der Waals surface area contributed by atoms with Crippen molar-refractivity contribution < 1.29 is 20.3 Å². The molecule has 0 amide bonds. The van der Waals surface area contributed by atoms with Crippen LogP contribution < -0.4 is 3.26 Å². The summed E-state index contributed by atoms with van der Waals surface area (Å²) in [5, 5.41) is 0. The summed E-state index contributed by atoms with van der Waals surface area (Å²) >= 11 is -4.53. The summed E-state index contributed by atoms with van der Waals surface area (Å²) in [7, 11) is 14.4. The van der Waals surface area contributed by atoms with Crippen LogP contribution in [0.5, 0.6) is 0 Å². The van der Waals surface area contributed by atoms with Gasteiger partial charge in [-0.05, 0) is 0 Å². The predicted molar refractivity (Wildman–Crippen MR) is 140 cm³/mol. The fourth-order valence-electron chi connectivity index (χ4n) is 4.95. The number of hydrogen-bond acceptors (Lipinski definition) is 2. The normalized spacial score (nSPS) is 17.0. The molecule has 1 unspecified atom stereocenters. The van der Waals surface area contributed by atoms with Gasteiger partial charge in [-0.3, -0.25) is 0 Å². The van der Waals surface area contributed by atoms with Crippen LogP contribution in [0, 0.1) is 0 Å². The van der Waals surface area contributed by atoms with Crippen LogP contribution in [-0.2, 0) is 20.3 Å². The second-order valence-corrected chi connectivity index (χ2v) is 55.2. The maximum absolute atomic E-state index is 7.95. The van der Waals surface area contributed by atoms with Crippen LogP contribution in [-0.4, -0.2) is 26.4 Å². The van der Waals surface area contributed by atoms with Crippen molar-refractivity contribution in [2.24, 2.45) is 0 Å². The van der Waals surface area contributed by atoms with E-state index < -0.39 is 30.1 Å². The van der Waals surface area contributed by atoms with Gasteiger partial charge in [-0.2, -0.15) is 0 Å². The Hall–Kier alpha value is 0.257. The third-order valence-corrected chi connectivity index (χ3v) is 52.7. The van der Waals surface area contributed by atoms with Crippen molar-refractivity contribution in [3.05, 3.63) is 59.7 Å². The van der Waals surface area contributed by atoms with E-state index in [1.807, 2.05) is 0 Å². The Kier molecular flexibility index (Phi) is 7.62. The summed E-state index contributed by atoms with van der Waals surface area (Å²) < 4.78 is 10.2. The van der Waals surface area contributed by atoms with Gasteiger partial charge in [-0.1, -0.05) is 0 Å². The molecule has 1 N–H and O–H groups in total. The predicted octanol–water partition coefficient (Wildman–Crippen LogP) is 7.65. The zero-order chi connectivity index (χ0) is 23.1. The standard InChI is InChI=1S/C13H9.C7H19OSi2.C4H10N.2ClH.Zr/c1-3-7-12-10(5-1)9-11-6-2-4-8-13(11)12;1-9-7-5-6-8-10(2,3)4;1-4(2,3)5;;;/h1-9H;9H,5-7H2,1-4H3;5H,1-3H3;2*1H;/q;;-1;;;+3/p-2. The molecule has 0 fully saturated rings. The number of fused-ring (bicyclic) bond motifs is 3. The summed E-state index contributed by atoms with van der Waals surface area (Å²) in [6.45, 7) is 16.6. The summed E-state index contributed by atoms with van der Waals surface area (Å²) in [4.78, 5) is 0. The van der Waals surface area contributed by atoms with Crippen LogP contribution in [0.2, 0.25) is 32.2 Å². The maximum atomic E-state index is 7.95. The van der Waals surface area contributed by atoms with E-state index >= 15 is 0 Å². The van der Waals surface area contributed by atoms with Crippen LogP contribution in [0.4, 0.5) is 0 Å². The van der Waals surface area contributed by atoms with Crippen molar-refractivity contribution in [3.63, 3.8) is 0 Å². The first-order valence-corrected chi connectivity index (χ1v) is 30.6. The van der Waals surface area contributed by atoms with Gasteiger partial charge >= 0.3 is 201 Å². The molecule has 1 aliphatic rings. The third kappa shape index (κ3) is 5.67. The molecular weight excluding hydrogens is 537 g/mol. The SMILES string of the molecule is C[SiH](CCCO[Si](C)(C)C)[Zr]([Cl])([Cl])([NH]C(C)(C)C)[CH]1c2ccccc2-c2ccccc21. The van der Waals surface area contributed by atoms with E-state index in [1.165, 1.54) is 22.3 Å². The van der Waals surface area contributed by atoms with Crippen LogP contribution >= 0.6 is 17.0 Å². The van der Waals surface area contributed by atoms with E-state index in [0.717, 1.165) is 19.1 Å². The Morgan fingerprint density at radius 1 is 0.968 bits per heavy atom. The summed E-state index contributed by atoms with van der Waals surface area (Å²) in [6, 6.07) is 18.6. The van der Waals surface area contributed by atoms with Gasteiger partial charge in [-0.25, -0.2) is 0 Å². The average molecular weight is 575 g/mol. The van der Waals surface area contributed by atoms with Crippen LogP contribution in [0.3, 0.4) is 0 Å². The molecule has 1 atom stereocenters. The number of hydrogen-bond donors (Lipinski definition) is 1. The minimum absolute atomic E-state index is 0.0935. The number of rotatable bonds is 8. The van der Waals surface area contributed by atoms with Gasteiger partial charge in [0, 0.05) is 0 Å². The monoisotopic (exact) mass is 572 g/mol.